The van der Waals surface area contributed by atoms with Gasteiger partial charge in [-0.2, -0.15) is 0 Å². The Labute approximate surface area is 121 Å². The second kappa shape index (κ2) is 7.73. The van der Waals surface area contributed by atoms with Crippen molar-refractivity contribution in [2.45, 2.75) is 33.0 Å². The van der Waals surface area contributed by atoms with Gasteiger partial charge in [-0.3, -0.25) is 0 Å². The number of benzene rings is 1. The third-order valence-corrected chi connectivity index (χ3v) is 4.66. The van der Waals surface area contributed by atoms with Gasteiger partial charge in [-0.15, -0.1) is 0 Å². The van der Waals surface area contributed by atoms with Crippen molar-refractivity contribution in [3.8, 4) is 0 Å². The van der Waals surface area contributed by atoms with E-state index in [1.165, 1.54) is 4.31 Å². The van der Waals surface area contributed by atoms with E-state index >= 15 is 0 Å². The van der Waals surface area contributed by atoms with Gasteiger partial charge in [0.25, 0.3) is 0 Å². The van der Waals surface area contributed by atoms with Crippen molar-refractivity contribution in [1.29, 1.82) is 0 Å². The molecule has 0 radical (unpaired) electrons. The summed E-state index contributed by atoms with van der Waals surface area (Å²) in [5.74, 6) is -0.00173. The van der Waals surface area contributed by atoms with Gasteiger partial charge in [0, 0.05) is 20.1 Å². The zero-order chi connectivity index (χ0) is 15.2. The molecule has 114 valence electrons. The van der Waals surface area contributed by atoms with Crippen LogP contribution in [0.1, 0.15) is 25.0 Å². The van der Waals surface area contributed by atoms with E-state index in [2.05, 4.69) is 0 Å². The average Bonchev–Trinajstić information content (AvgIpc) is 2.38. The van der Waals surface area contributed by atoms with Crippen molar-refractivity contribution in [3.63, 3.8) is 0 Å². The number of nitrogens with two attached hydrogens (primary N) is 1. The molecule has 0 atom stereocenters. The van der Waals surface area contributed by atoms with E-state index in [0.717, 1.165) is 11.1 Å². The minimum atomic E-state index is -3.30. The van der Waals surface area contributed by atoms with Crippen molar-refractivity contribution in [2.75, 3.05) is 19.4 Å². The molecule has 1 aromatic rings. The molecular weight excluding hydrogens is 276 g/mol. The van der Waals surface area contributed by atoms with E-state index in [4.69, 9.17) is 10.5 Å². The highest BCUT2D eigenvalue weighted by Crippen LogP contribution is 2.10. The third kappa shape index (κ3) is 5.58. The Morgan fingerprint density at radius 1 is 1.30 bits per heavy atom. The molecule has 0 unspecified atom stereocenters. The fourth-order valence-corrected chi connectivity index (χ4v) is 2.72. The monoisotopic (exact) mass is 300 g/mol. The van der Waals surface area contributed by atoms with Crippen LogP contribution in [0.3, 0.4) is 0 Å². The summed E-state index contributed by atoms with van der Waals surface area (Å²) in [5.41, 5.74) is 7.51. The Balaban J connectivity index is 2.61. The molecule has 0 saturated heterocycles. The molecule has 20 heavy (non-hydrogen) atoms. The van der Waals surface area contributed by atoms with Crippen LogP contribution in [0.2, 0.25) is 0 Å². The second-order valence-electron chi connectivity index (χ2n) is 5.02. The molecule has 0 aliphatic rings. The number of hydrogen-bond donors (Lipinski definition) is 1. The SMILES string of the molecule is CC(C)OCCS(=O)(=O)N(C)Cc1cccc(CN)c1. The Morgan fingerprint density at radius 3 is 2.55 bits per heavy atom. The van der Waals surface area contributed by atoms with Crippen LogP contribution in [0.5, 0.6) is 0 Å². The standard InChI is InChI=1S/C14H24N2O3S/c1-12(2)19-7-8-20(17,18)16(3)11-14-6-4-5-13(9-14)10-15/h4-6,9,12H,7-8,10-11,15H2,1-3H3. The largest absolute Gasteiger partial charge is 0.378 e. The fourth-order valence-electron chi connectivity index (χ4n) is 1.76. The van der Waals surface area contributed by atoms with E-state index < -0.39 is 10.0 Å². The summed E-state index contributed by atoms with van der Waals surface area (Å²) in [6, 6.07) is 7.64. The maximum absolute atomic E-state index is 12.1. The van der Waals surface area contributed by atoms with Crippen molar-refractivity contribution in [1.82, 2.24) is 4.31 Å². The summed E-state index contributed by atoms with van der Waals surface area (Å²) in [4.78, 5) is 0. The van der Waals surface area contributed by atoms with E-state index in [9.17, 15) is 8.42 Å². The lowest BCUT2D eigenvalue weighted by Crippen LogP contribution is -2.31. The van der Waals surface area contributed by atoms with E-state index in [0.29, 0.717) is 13.1 Å². The number of ether oxygens (including phenoxy) is 1. The van der Waals surface area contributed by atoms with Gasteiger partial charge in [-0.1, -0.05) is 24.3 Å². The molecule has 0 saturated carbocycles. The minimum Gasteiger partial charge on any atom is -0.378 e. The van der Waals surface area contributed by atoms with Crippen LogP contribution < -0.4 is 5.73 Å². The van der Waals surface area contributed by atoms with Gasteiger partial charge < -0.3 is 10.5 Å². The van der Waals surface area contributed by atoms with Gasteiger partial charge in [0.1, 0.15) is 0 Å². The highest BCUT2D eigenvalue weighted by Gasteiger charge is 2.18. The smallest absolute Gasteiger partial charge is 0.216 e. The summed E-state index contributed by atoms with van der Waals surface area (Å²) >= 11 is 0. The molecule has 5 nitrogen and oxygen atoms in total. The molecule has 1 rings (SSSR count). The Morgan fingerprint density at radius 2 is 1.95 bits per heavy atom. The van der Waals surface area contributed by atoms with Gasteiger partial charge in [0.15, 0.2) is 0 Å². The lowest BCUT2D eigenvalue weighted by molar-refractivity contribution is 0.0907. The first-order chi connectivity index (χ1) is 9.35. The number of sulfonamides is 1. The summed E-state index contributed by atoms with van der Waals surface area (Å²) in [5, 5.41) is 0. The highest BCUT2D eigenvalue weighted by molar-refractivity contribution is 7.89. The second-order valence-corrected chi connectivity index (χ2v) is 7.21. The summed E-state index contributed by atoms with van der Waals surface area (Å²) in [6.07, 6.45) is 0.0386. The van der Waals surface area contributed by atoms with Crippen molar-refractivity contribution >= 4 is 10.0 Å². The fraction of sp³-hybridized carbons (Fsp3) is 0.571. The molecule has 0 spiro atoms. The molecule has 0 amide bonds. The van der Waals surface area contributed by atoms with Crippen LogP contribution in [0.25, 0.3) is 0 Å². The first kappa shape index (κ1) is 17.1. The lowest BCUT2D eigenvalue weighted by Gasteiger charge is -2.18. The molecule has 0 aliphatic heterocycles. The summed E-state index contributed by atoms with van der Waals surface area (Å²) < 4.78 is 30.8. The number of nitrogens with zero attached hydrogens (tertiary/aromatic N) is 1. The highest BCUT2D eigenvalue weighted by atomic mass is 32.2. The topological polar surface area (TPSA) is 72.6 Å². The van der Waals surface area contributed by atoms with E-state index in [1.807, 2.05) is 38.1 Å². The van der Waals surface area contributed by atoms with Crippen LogP contribution in [-0.2, 0) is 27.8 Å². The van der Waals surface area contributed by atoms with Crippen LogP contribution in [0, 0.1) is 0 Å². The predicted octanol–water partition coefficient (Wildman–Crippen LogP) is 1.33. The predicted molar refractivity (Wildman–Crippen MR) is 80.7 cm³/mol. The van der Waals surface area contributed by atoms with Gasteiger partial charge in [0.2, 0.25) is 10.0 Å². The molecular formula is C14H24N2O3S. The minimum absolute atomic E-state index is 0.00173. The zero-order valence-electron chi connectivity index (χ0n) is 12.4. The third-order valence-electron chi connectivity index (χ3n) is 2.90. The number of rotatable bonds is 8. The molecule has 0 aliphatic carbocycles. The van der Waals surface area contributed by atoms with Crippen LogP contribution in [0.15, 0.2) is 24.3 Å². The maximum Gasteiger partial charge on any atom is 0.216 e. The molecule has 0 fully saturated rings. The number of hydrogen-bond acceptors (Lipinski definition) is 4. The van der Waals surface area contributed by atoms with E-state index in [-0.39, 0.29) is 18.5 Å². The first-order valence-electron chi connectivity index (χ1n) is 6.68. The first-order valence-corrected chi connectivity index (χ1v) is 8.29. The van der Waals surface area contributed by atoms with Gasteiger partial charge >= 0.3 is 0 Å². The van der Waals surface area contributed by atoms with E-state index in [1.54, 1.807) is 7.05 Å². The quantitative estimate of drug-likeness (QED) is 0.786. The Hall–Kier alpha value is -0.950. The van der Waals surface area contributed by atoms with Crippen molar-refractivity contribution < 1.29 is 13.2 Å². The Kier molecular flexibility index (Phi) is 6.61. The van der Waals surface area contributed by atoms with Crippen LogP contribution in [0.4, 0.5) is 0 Å². The van der Waals surface area contributed by atoms with Crippen LogP contribution in [-0.4, -0.2) is 38.2 Å². The van der Waals surface area contributed by atoms with Gasteiger partial charge in [0.05, 0.1) is 18.5 Å². The lowest BCUT2D eigenvalue weighted by atomic mass is 10.1. The van der Waals surface area contributed by atoms with Crippen molar-refractivity contribution in [3.05, 3.63) is 35.4 Å². The average molecular weight is 300 g/mol. The van der Waals surface area contributed by atoms with Gasteiger partial charge in [-0.25, -0.2) is 12.7 Å². The maximum atomic E-state index is 12.1. The molecule has 6 heteroatoms. The molecule has 0 aromatic heterocycles. The normalized spacial score (nSPS) is 12.3. The van der Waals surface area contributed by atoms with Gasteiger partial charge in [-0.05, 0) is 25.0 Å². The molecule has 1 aromatic carbocycles. The zero-order valence-corrected chi connectivity index (χ0v) is 13.2. The summed E-state index contributed by atoms with van der Waals surface area (Å²) in [6.45, 7) is 4.78. The molecule has 0 bridgehead atoms. The molecule has 0 heterocycles. The molecule has 2 N–H and O–H groups in total. The Bertz CT molecular complexity index is 515. The van der Waals surface area contributed by atoms with Crippen molar-refractivity contribution in [2.24, 2.45) is 5.73 Å². The van der Waals surface area contributed by atoms with Crippen LogP contribution >= 0.6 is 0 Å². The summed E-state index contributed by atoms with van der Waals surface area (Å²) in [7, 11) is -1.71.